The van der Waals surface area contributed by atoms with Crippen molar-refractivity contribution in [2.24, 2.45) is 0 Å². The zero-order chi connectivity index (χ0) is 9.54. The quantitative estimate of drug-likeness (QED) is 0.508. The van der Waals surface area contributed by atoms with Gasteiger partial charge in [-0.15, -0.1) is 0 Å². The first-order chi connectivity index (χ1) is 6.83. The molecule has 0 spiro atoms. The molecule has 3 N–H and O–H groups in total. The molecule has 0 saturated heterocycles. The normalized spacial score (nSPS) is 12.3. The van der Waals surface area contributed by atoms with Crippen LogP contribution in [-0.4, -0.2) is 10.1 Å². The number of benzene rings is 1. The number of ether oxygens (including phenoxy) is 1. The molecule has 0 fully saturated rings. The third kappa shape index (κ3) is 0.939. The maximum atomic E-state index is 9.23. The molecule has 3 rings (SSSR count). The van der Waals surface area contributed by atoms with E-state index in [-0.39, 0.29) is 5.88 Å². The molecule has 4 nitrogen and oxygen atoms in total. The summed E-state index contributed by atoms with van der Waals surface area (Å²) in [5, 5.41) is 12.3. The minimum atomic E-state index is 0.0929. The summed E-state index contributed by atoms with van der Waals surface area (Å²) in [7, 11) is 0. The number of aromatic hydroxyl groups is 1. The van der Waals surface area contributed by atoms with Crippen molar-refractivity contribution in [1.82, 2.24) is 4.98 Å². The largest absolute Gasteiger partial charge is 0.494 e. The lowest BCUT2D eigenvalue weighted by molar-refractivity contribution is 0.454. The highest BCUT2D eigenvalue weighted by Crippen LogP contribution is 2.42. The average Bonchev–Trinajstić information content (AvgIpc) is 2.53. The van der Waals surface area contributed by atoms with Crippen molar-refractivity contribution in [3.8, 4) is 17.4 Å². The van der Waals surface area contributed by atoms with Gasteiger partial charge in [0.15, 0.2) is 23.2 Å². The van der Waals surface area contributed by atoms with Crippen LogP contribution in [-0.2, 0) is 0 Å². The number of hydrogen-bond acceptors (Lipinski definition) is 3. The van der Waals surface area contributed by atoms with Crippen LogP contribution in [0, 0.1) is 0 Å². The molecule has 0 atom stereocenters. The molecule has 4 heteroatoms. The smallest absolute Gasteiger partial charge is 0.193 e. The lowest BCUT2D eigenvalue weighted by Crippen LogP contribution is -2.00. The number of aromatic amines is 1. The zero-order valence-electron chi connectivity index (χ0n) is 7.24. The van der Waals surface area contributed by atoms with E-state index in [4.69, 9.17) is 4.74 Å². The highest BCUT2D eigenvalue weighted by molar-refractivity contribution is 5.73. The SMILES string of the molecule is Oc1cc2c([nH]1)Nc1ccccc1O2. The molecule has 70 valence electrons. The van der Waals surface area contributed by atoms with Crippen LogP contribution < -0.4 is 10.1 Å². The van der Waals surface area contributed by atoms with Crippen molar-refractivity contribution in [2.45, 2.75) is 0 Å². The second-order valence-corrected chi connectivity index (χ2v) is 3.12. The molecule has 0 aliphatic carbocycles. The standard InChI is InChI=1S/C10H8N2O2/c13-9-5-8-10(12-9)11-6-3-1-2-4-7(6)14-8/h1-5,11-13H. The predicted octanol–water partition coefficient (Wildman–Crippen LogP) is 2.57. The lowest BCUT2D eigenvalue weighted by Gasteiger charge is -2.17. The summed E-state index contributed by atoms with van der Waals surface area (Å²) in [6, 6.07) is 9.14. The van der Waals surface area contributed by atoms with E-state index in [9.17, 15) is 5.11 Å². The molecule has 0 amide bonds. The summed E-state index contributed by atoms with van der Waals surface area (Å²) in [6.45, 7) is 0. The Morgan fingerprint density at radius 2 is 2.00 bits per heavy atom. The summed E-state index contributed by atoms with van der Waals surface area (Å²) in [6.07, 6.45) is 0. The van der Waals surface area contributed by atoms with Crippen LogP contribution in [0.15, 0.2) is 30.3 Å². The molecule has 2 heterocycles. The number of aromatic nitrogens is 1. The third-order valence-electron chi connectivity index (χ3n) is 2.13. The fourth-order valence-electron chi connectivity index (χ4n) is 1.51. The van der Waals surface area contributed by atoms with E-state index in [1.54, 1.807) is 0 Å². The number of H-pyrrole nitrogens is 1. The second-order valence-electron chi connectivity index (χ2n) is 3.12. The van der Waals surface area contributed by atoms with Crippen molar-refractivity contribution in [3.63, 3.8) is 0 Å². The summed E-state index contributed by atoms with van der Waals surface area (Å²) in [5.41, 5.74) is 0.891. The lowest BCUT2D eigenvalue weighted by atomic mass is 10.2. The highest BCUT2D eigenvalue weighted by Gasteiger charge is 2.18. The first-order valence-corrected chi connectivity index (χ1v) is 4.29. The van der Waals surface area contributed by atoms with E-state index in [1.807, 2.05) is 24.3 Å². The van der Waals surface area contributed by atoms with Gasteiger partial charge >= 0.3 is 0 Å². The van der Waals surface area contributed by atoms with Gasteiger partial charge in [-0.25, -0.2) is 0 Å². The topological polar surface area (TPSA) is 57.3 Å². The minimum Gasteiger partial charge on any atom is -0.494 e. The maximum absolute atomic E-state index is 9.23. The van der Waals surface area contributed by atoms with Crippen molar-refractivity contribution in [2.75, 3.05) is 5.32 Å². The Kier molecular flexibility index (Phi) is 1.28. The van der Waals surface area contributed by atoms with Gasteiger partial charge in [-0.1, -0.05) is 12.1 Å². The molecule has 1 aromatic carbocycles. The molecular weight excluding hydrogens is 180 g/mol. The van der Waals surface area contributed by atoms with Gasteiger partial charge in [0.2, 0.25) is 0 Å². The first-order valence-electron chi connectivity index (χ1n) is 4.29. The van der Waals surface area contributed by atoms with Gasteiger partial charge in [-0.3, -0.25) is 0 Å². The van der Waals surface area contributed by atoms with Gasteiger partial charge in [-0.2, -0.15) is 0 Å². The van der Waals surface area contributed by atoms with Gasteiger partial charge < -0.3 is 20.1 Å². The van der Waals surface area contributed by atoms with Gasteiger partial charge in [0.05, 0.1) is 5.69 Å². The third-order valence-corrected chi connectivity index (χ3v) is 2.13. The van der Waals surface area contributed by atoms with E-state index in [2.05, 4.69) is 10.3 Å². The summed E-state index contributed by atoms with van der Waals surface area (Å²) in [4.78, 5) is 2.76. The van der Waals surface area contributed by atoms with Crippen molar-refractivity contribution < 1.29 is 9.84 Å². The summed E-state index contributed by atoms with van der Waals surface area (Å²) in [5.74, 6) is 2.15. The number of fused-ring (bicyclic) bond motifs is 2. The number of anilines is 2. The van der Waals surface area contributed by atoms with E-state index < -0.39 is 0 Å². The molecule has 1 aliphatic rings. The average molecular weight is 188 g/mol. The van der Waals surface area contributed by atoms with Crippen LogP contribution in [0.1, 0.15) is 0 Å². The molecule has 0 bridgehead atoms. The monoisotopic (exact) mass is 188 g/mol. The Morgan fingerprint density at radius 3 is 2.93 bits per heavy atom. The summed E-state index contributed by atoms with van der Waals surface area (Å²) < 4.78 is 5.54. The Labute approximate surface area is 80.1 Å². The van der Waals surface area contributed by atoms with Crippen LogP contribution >= 0.6 is 0 Å². The fourth-order valence-corrected chi connectivity index (χ4v) is 1.51. The zero-order valence-corrected chi connectivity index (χ0v) is 7.24. The number of rotatable bonds is 0. The Bertz CT molecular complexity index is 448. The van der Waals surface area contributed by atoms with E-state index in [1.165, 1.54) is 6.07 Å². The van der Waals surface area contributed by atoms with Crippen molar-refractivity contribution in [1.29, 1.82) is 0 Å². The molecule has 1 aliphatic heterocycles. The molecule has 0 radical (unpaired) electrons. The van der Waals surface area contributed by atoms with Gasteiger partial charge in [0.25, 0.3) is 0 Å². The predicted molar refractivity (Wildman–Crippen MR) is 52.3 cm³/mol. The number of hydrogen-bond donors (Lipinski definition) is 3. The van der Waals surface area contributed by atoms with Crippen LogP contribution in [0.3, 0.4) is 0 Å². The van der Waals surface area contributed by atoms with Crippen molar-refractivity contribution in [3.05, 3.63) is 30.3 Å². The second kappa shape index (κ2) is 2.45. The first kappa shape index (κ1) is 7.32. The van der Waals surface area contributed by atoms with Crippen LogP contribution in [0.5, 0.6) is 17.4 Å². The Hall–Kier alpha value is -2.10. The minimum absolute atomic E-state index is 0.0929. The fraction of sp³-hybridized carbons (Fsp3) is 0. The molecule has 14 heavy (non-hydrogen) atoms. The van der Waals surface area contributed by atoms with Crippen LogP contribution in [0.4, 0.5) is 11.5 Å². The van der Waals surface area contributed by atoms with Gasteiger partial charge in [0.1, 0.15) is 0 Å². The molecular formula is C10H8N2O2. The number of para-hydroxylation sites is 2. The molecule has 1 aromatic heterocycles. The van der Waals surface area contributed by atoms with Crippen LogP contribution in [0.25, 0.3) is 0 Å². The Balaban J connectivity index is 2.12. The Morgan fingerprint density at radius 1 is 1.14 bits per heavy atom. The molecule has 0 saturated carbocycles. The maximum Gasteiger partial charge on any atom is 0.193 e. The molecule has 2 aromatic rings. The molecule has 0 unspecified atom stereocenters. The van der Waals surface area contributed by atoms with E-state index in [0.29, 0.717) is 11.6 Å². The highest BCUT2D eigenvalue weighted by atomic mass is 16.5. The summed E-state index contributed by atoms with van der Waals surface area (Å²) >= 11 is 0. The van der Waals surface area contributed by atoms with Gasteiger partial charge in [-0.05, 0) is 12.1 Å². The van der Waals surface area contributed by atoms with E-state index >= 15 is 0 Å². The van der Waals surface area contributed by atoms with E-state index in [0.717, 1.165) is 11.4 Å². The number of nitrogens with one attached hydrogen (secondary N) is 2. The van der Waals surface area contributed by atoms with Crippen LogP contribution in [0.2, 0.25) is 0 Å². The van der Waals surface area contributed by atoms with Gasteiger partial charge in [0, 0.05) is 6.07 Å². The van der Waals surface area contributed by atoms with Crippen molar-refractivity contribution >= 4 is 11.5 Å².